The average molecular weight is 1470 g/mol. The molecular weight excluding hydrogens is 1310 g/mol. The Morgan fingerprint density at radius 1 is 0.280 bits per heavy atom. The van der Waals surface area contributed by atoms with Gasteiger partial charge in [0.25, 0.3) is 0 Å². The van der Waals surface area contributed by atoms with E-state index in [0.717, 1.165) is 108 Å². The molecular formula is C81H158O17P2. The normalized spacial score (nSPS) is 14.3. The van der Waals surface area contributed by atoms with E-state index in [2.05, 4.69) is 55.4 Å². The number of rotatable bonds is 78. The Kier molecular flexibility index (Phi) is 68.7. The molecule has 100 heavy (non-hydrogen) atoms. The van der Waals surface area contributed by atoms with Gasteiger partial charge in [-0.05, 0) is 49.4 Å². The number of phosphoric acid groups is 2. The second-order valence-corrected chi connectivity index (χ2v) is 33.7. The van der Waals surface area contributed by atoms with Crippen LogP contribution in [0.5, 0.6) is 0 Å². The molecule has 594 valence electrons. The van der Waals surface area contributed by atoms with Gasteiger partial charge in [0.1, 0.15) is 19.3 Å². The second-order valence-electron chi connectivity index (χ2n) is 30.8. The van der Waals surface area contributed by atoms with Gasteiger partial charge in [0.2, 0.25) is 0 Å². The largest absolute Gasteiger partial charge is 0.472 e. The summed E-state index contributed by atoms with van der Waals surface area (Å²) in [6.45, 7) is 14.2. The molecule has 0 fully saturated rings. The lowest BCUT2D eigenvalue weighted by atomic mass is 9.99. The zero-order valence-electron chi connectivity index (χ0n) is 65.8. The van der Waals surface area contributed by atoms with Gasteiger partial charge in [0.15, 0.2) is 12.2 Å². The Bertz CT molecular complexity index is 1960. The van der Waals surface area contributed by atoms with E-state index in [1.165, 1.54) is 218 Å². The van der Waals surface area contributed by atoms with Crippen molar-refractivity contribution in [2.45, 2.75) is 433 Å². The van der Waals surface area contributed by atoms with Crippen molar-refractivity contribution >= 4 is 39.5 Å². The number of aliphatic hydroxyl groups excluding tert-OH is 1. The number of phosphoric ester groups is 2. The zero-order valence-corrected chi connectivity index (χ0v) is 67.6. The maximum Gasteiger partial charge on any atom is 0.472 e. The van der Waals surface area contributed by atoms with Crippen LogP contribution < -0.4 is 0 Å². The number of unbranched alkanes of at least 4 members (excludes halogenated alkanes) is 43. The van der Waals surface area contributed by atoms with Crippen LogP contribution >= 0.6 is 15.6 Å². The summed E-state index contributed by atoms with van der Waals surface area (Å²) in [6, 6.07) is 0. The predicted molar refractivity (Wildman–Crippen MR) is 409 cm³/mol. The fourth-order valence-corrected chi connectivity index (χ4v) is 14.0. The molecule has 0 amide bonds. The molecule has 0 aromatic heterocycles. The SMILES string of the molecule is CCC(C)CCCCCCCCCCCCCCCCC(=O)OC[C@H](COP(=O)(O)OCC(O)COP(=O)(O)OC[C@@H](COC(=O)CCCCCCCCCCC(C)C)OC(=O)CCCCCCCCCC(C)C)OC(=O)CCCCCCCCCCCCCCCCCCCCC(C)C. The molecule has 0 aliphatic carbocycles. The average Bonchev–Trinajstić information content (AvgIpc) is 0.964. The molecule has 0 radical (unpaired) electrons. The van der Waals surface area contributed by atoms with E-state index < -0.39 is 97.5 Å². The van der Waals surface area contributed by atoms with Crippen LogP contribution in [0, 0.1) is 23.7 Å². The highest BCUT2D eigenvalue weighted by molar-refractivity contribution is 7.47. The van der Waals surface area contributed by atoms with Gasteiger partial charge in [0, 0.05) is 25.7 Å². The molecule has 0 bridgehead atoms. The maximum atomic E-state index is 13.1. The van der Waals surface area contributed by atoms with Crippen LogP contribution in [-0.4, -0.2) is 96.7 Å². The number of hydrogen-bond acceptors (Lipinski definition) is 15. The molecule has 19 heteroatoms. The topological polar surface area (TPSA) is 237 Å². The first-order valence-corrected chi connectivity index (χ1v) is 44.7. The van der Waals surface area contributed by atoms with Crippen molar-refractivity contribution in [2.75, 3.05) is 39.6 Å². The molecule has 0 spiro atoms. The van der Waals surface area contributed by atoms with Crippen molar-refractivity contribution in [3.8, 4) is 0 Å². The molecule has 3 N–H and O–H groups in total. The van der Waals surface area contributed by atoms with Crippen molar-refractivity contribution in [1.82, 2.24) is 0 Å². The van der Waals surface area contributed by atoms with Crippen LogP contribution in [0.4, 0.5) is 0 Å². The van der Waals surface area contributed by atoms with Crippen molar-refractivity contribution in [1.29, 1.82) is 0 Å². The lowest BCUT2D eigenvalue weighted by Crippen LogP contribution is -2.30. The van der Waals surface area contributed by atoms with Crippen molar-refractivity contribution in [3.05, 3.63) is 0 Å². The van der Waals surface area contributed by atoms with Gasteiger partial charge in [-0.3, -0.25) is 37.3 Å². The molecule has 0 saturated carbocycles. The summed E-state index contributed by atoms with van der Waals surface area (Å²) in [5, 5.41) is 10.6. The summed E-state index contributed by atoms with van der Waals surface area (Å²) in [6.07, 6.45) is 57.1. The monoisotopic (exact) mass is 1470 g/mol. The van der Waals surface area contributed by atoms with Crippen LogP contribution in [0.2, 0.25) is 0 Å². The molecule has 0 saturated heterocycles. The van der Waals surface area contributed by atoms with E-state index in [0.29, 0.717) is 31.6 Å². The summed E-state index contributed by atoms with van der Waals surface area (Å²) in [4.78, 5) is 72.9. The second kappa shape index (κ2) is 70.1. The summed E-state index contributed by atoms with van der Waals surface area (Å²) >= 11 is 0. The first-order chi connectivity index (χ1) is 48.1. The number of esters is 4. The third-order valence-electron chi connectivity index (χ3n) is 19.2. The van der Waals surface area contributed by atoms with Gasteiger partial charge in [-0.15, -0.1) is 0 Å². The number of ether oxygens (including phenoxy) is 4. The van der Waals surface area contributed by atoms with Gasteiger partial charge >= 0.3 is 39.5 Å². The molecule has 6 atom stereocenters. The van der Waals surface area contributed by atoms with Crippen molar-refractivity contribution in [2.24, 2.45) is 23.7 Å². The van der Waals surface area contributed by atoms with Crippen LogP contribution in [-0.2, 0) is 65.4 Å². The van der Waals surface area contributed by atoms with Crippen molar-refractivity contribution < 1.29 is 80.2 Å². The van der Waals surface area contributed by atoms with Gasteiger partial charge in [-0.25, -0.2) is 9.13 Å². The predicted octanol–water partition coefficient (Wildman–Crippen LogP) is 24.0. The first-order valence-electron chi connectivity index (χ1n) is 41.7. The van der Waals surface area contributed by atoms with Crippen molar-refractivity contribution in [3.63, 3.8) is 0 Å². The zero-order chi connectivity index (χ0) is 73.8. The molecule has 0 aromatic rings. The smallest absolute Gasteiger partial charge is 0.462 e. The number of aliphatic hydroxyl groups is 1. The maximum absolute atomic E-state index is 13.1. The van der Waals surface area contributed by atoms with Gasteiger partial charge in [-0.2, -0.15) is 0 Å². The third-order valence-corrected chi connectivity index (χ3v) is 21.1. The standard InChI is InChI=1S/C81H158O17P2/c1-9-74(8)60-52-44-36-27-23-19-16-17-20-24-28-37-45-53-61-78(83)91-67-76(97-80(85)63-55-47-39-29-25-21-15-13-11-10-12-14-18-22-26-33-41-49-57-71(2)3)69-95-99(87,88)93-65-75(82)66-94-100(89,90)96-70-77(98-81(86)64-56-48-40-32-35-43-51-59-73(6)7)68-92-79(84)62-54-46-38-31-30-34-42-50-58-72(4)5/h71-77,82H,9-70H2,1-8H3,(H,87,88)(H,89,90)/t74?,75?,76-,77-/m1/s1. The van der Waals surface area contributed by atoms with Gasteiger partial charge in [0.05, 0.1) is 26.4 Å². The fraction of sp³-hybridized carbons (Fsp3) is 0.951. The Hall–Kier alpha value is -1.94. The minimum atomic E-state index is -4.96. The van der Waals surface area contributed by atoms with Crippen LogP contribution in [0.25, 0.3) is 0 Å². The molecule has 0 rings (SSSR count). The van der Waals surface area contributed by atoms with E-state index in [1.807, 2.05) is 0 Å². The Morgan fingerprint density at radius 2 is 0.480 bits per heavy atom. The van der Waals surface area contributed by atoms with E-state index in [4.69, 9.17) is 37.0 Å². The quantitative estimate of drug-likeness (QED) is 0.0222. The lowest BCUT2D eigenvalue weighted by Gasteiger charge is -2.21. The Labute approximate surface area is 613 Å². The summed E-state index contributed by atoms with van der Waals surface area (Å²) < 4.78 is 68.6. The summed E-state index contributed by atoms with van der Waals surface area (Å²) in [5.41, 5.74) is 0. The molecule has 0 aliphatic rings. The van der Waals surface area contributed by atoms with Crippen LogP contribution in [0.1, 0.15) is 415 Å². The summed E-state index contributed by atoms with van der Waals surface area (Å²) in [5.74, 6) is 0.975. The summed E-state index contributed by atoms with van der Waals surface area (Å²) in [7, 11) is -9.92. The van der Waals surface area contributed by atoms with E-state index >= 15 is 0 Å². The van der Waals surface area contributed by atoms with E-state index in [1.54, 1.807) is 0 Å². The number of hydrogen-bond donors (Lipinski definition) is 3. The molecule has 0 aromatic carbocycles. The Morgan fingerprint density at radius 3 is 0.710 bits per heavy atom. The molecule has 0 heterocycles. The molecule has 0 aliphatic heterocycles. The molecule has 4 unspecified atom stereocenters. The van der Waals surface area contributed by atoms with Crippen LogP contribution in [0.15, 0.2) is 0 Å². The van der Waals surface area contributed by atoms with Gasteiger partial charge in [-0.1, -0.05) is 364 Å². The highest BCUT2D eigenvalue weighted by atomic mass is 31.2. The highest BCUT2D eigenvalue weighted by Crippen LogP contribution is 2.45. The van der Waals surface area contributed by atoms with E-state index in [-0.39, 0.29) is 25.7 Å². The lowest BCUT2D eigenvalue weighted by molar-refractivity contribution is -0.161. The highest BCUT2D eigenvalue weighted by Gasteiger charge is 2.30. The molecule has 17 nitrogen and oxygen atoms in total. The minimum absolute atomic E-state index is 0.103. The number of carbonyl (C=O) groups excluding carboxylic acids is 4. The first kappa shape index (κ1) is 98.1. The number of carbonyl (C=O) groups is 4. The third kappa shape index (κ3) is 73.0. The fourth-order valence-electron chi connectivity index (χ4n) is 12.4. The van der Waals surface area contributed by atoms with Crippen LogP contribution in [0.3, 0.4) is 0 Å². The van der Waals surface area contributed by atoms with E-state index in [9.17, 15) is 43.2 Å². The van der Waals surface area contributed by atoms with Gasteiger partial charge < -0.3 is 33.8 Å². The Balaban J connectivity index is 5.21. The minimum Gasteiger partial charge on any atom is -0.462 e.